The minimum Gasteiger partial charge on any atom is -0.393 e. The Bertz CT molecular complexity index is 644. The minimum atomic E-state index is -0.606. The summed E-state index contributed by atoms with van der Waals surface area (Å²) in [6.45, 7) is 10.8. The summed E-state index contributed by atoms with van der Waals surface area (Å²) in [6.07, 6.45) is 8.73. The molecule has 4 aliphatic rings. The third-order valence-corrected chi connectivity index (χ3v) is 11.0. The Labute approximate surface area is 189 Å². The molecule has 4 rings (SSSR count). The quantitative estimate of drug-likeness (QED) is 0.511. The maximum absolute atomic E-state index is 11.6. The van der Waals surface area contributed by atoms with Crippen molar-refractivity contribution in [3.8, 4) is 0 Å². The van der Waals surface area contributed by atoms with Crippen molar-refractivity contribution in [3.63, 3.8) is 0 Å². The molecule has 4 heteroatoms. The lowest BCUT2D eigenvalue weighted by Gasteiger charge is -2.63. The van der Waals surface area contributed by atoms with Gasteiger partial charge in [-0.3, -0.25) is 0 Å². The molecule has 180 valence electrons. The normalized spacial score (nSPS) is 51.0. The maximum Gasteiger partial charge on any atom is 0.0602 e. The summed E-state index contributed by atoms with van der Waals surface area (Å²) in [5, 5.41) is 43.3. The van der Waals surface area contributed by atoms with Crippen LogP contribution in [0.2, 0.25) is 0 Å². The molecule has 4 nitrogen and oxygen atoms in total. The number of aliphatic hydroxyl groups is 4. The van der Waals surface area contributed by atoms with Crippen LogP contribution < -0.4 is 0 Å². The van der Waals surface area contributed by atoms with Gasteiger partial charge in [0, 0.05) is 0 Å². The van der Waals surface area contributed by atoms with Crippen molar-refractivity contribution >= 4 is 0 Å². The lowest BCUT2D eigenvalue weighted by atomic mass is 9.43. The fourth-order valence-electron chi connectivity index (χ4n) is 9.19. The number of hydrogen-bond donors (Lipinski definition) is 4. The molecule has 4 N–H and O–H groups in total. The summed E-state index contributed by atoms with van der Waals surface area (Å²) in [7, 11) is 0. The molecule has 0 aromatic carbocycles. The third-order valence-electron chi connectivity index (χ3n) is 11.0. The highest BCUT2D eigenvalue weighted by Crippen LogP contribution is 2.68. The van der Waals surface area contributed by atoms with E-state index in [0.717, 1.165) is 64.2 Å². The Kier molecular flexibility index (Phi) is 6.38. The fourth-order valence-corrected chi connectivity index (χ4v) is 9.19. The predicted molar refractivity (Wildman–Crippen MR) is 123 cm³/mol. The Morgan fingerprint density at radius 2 is 1.68 bits per heavy atom. The Morgan fingerprint density at radius 1 is 0.968 bits per heavy atom. The van der Waals surface area contributed by atoms with E-state index in [4.69, 9.17) is 0 Å². The zero-order valence-corrected chi connectivity index (χ0v) is 20.6. The van der Waals surface area contributed by atoms with Gasteiger partial charge in [-0.05, 0) is 112 Å². The smallest absolute Gasteiger partial charge is 0.0602 e. The van der Waals surface area contributed by atoms with Crippen LogP contribution in [0.3, 0.4) is 0 Å². The zero-order chi connectivity index (χ0) is 22.8. The van der Waals surface area contributed by atoms with Crippen LogP contribution in [0.4, 0.5) is 0 Å². The first-order valence-corrected chi connectivity index (χ1v) is 13.1. The molecule has 0 aromatic rings. The molecule has 31 heavy (non-hydrogen) atoms. The van der Waals surface area contributed by atoms with Gasteiger partial charge in [0.25, 0.3) is 0 Å². The molecule has 4 fully saturated rings. The topological polar surface area (TPSA) is 80.9 Å². The first-order chi connectivity index (χ1) is 14.4. The van der Waals surface area contributed by atoms with E-state index in [-0.39, 0.29) is 29.1 Å². The number of hydrogen-bond acceptors (Lipinski definition) is 4. The highest BCUT2D eigenvalue weighted by atomic mass is 16.3. The minimum absolute atomic E-state index is 0.117. The van der Waals surface area contributed by atoms with Crippen LogP contribution >= 0.6 is 0 Å². The molecule has 0 aromatic heterocycles. The molecule has 0 spiro atoms. The van der Waals surface area contributed by atoms with Gasteiger partial charge < -0.3 is 20.4 Å². The van der Waals surface area contributed by atoms with Crippen molar-refractivity contribution in [2.75, 3.05) is 0 Å². The van der Waals surface area contributed by atoms with Crippen LogP contribution in [0.15, 0.2) is 0 Å². The van der Waals surface area contributed by atoms with Crippen molar-refractivity contribution in [3.05, 3.63) is 0 Å². The van der Waals surface area contributed by atoms with Crippen LogP contribution in [0.5, 0.6) is 0 Å². The number of rotatable bonds is 5. The second kappa shape index (κ2) is 8.25. The molecule has 0 saturated heterocycles. The van der Waals surface area contributed by atoms with E-state index in [0.29, 0.717) is 35.5 Å². The summed E-state index contributed by atoms with van der Waals surface area (Å²) in [6, 6.07) is 0. The summed E-state index contributed by atoms with van der Waals surface area (Å²) in [4.78, 5) is 0. The molecule has 11 atom stereocenters. The van der Waals surface area contributed by atoms with Gasteiger partial charge in [0.2, 0.25) is 0 Å². The van der Waals surface area contributed by atoms with Crippen molar-refractivity contribution in [1.82, 2.24) is 0 Å². The molecule has 4 aliphatic carbocycles. The summed E-state index contributed by atoms with van der Waals surface area (Å²) >= 11 is 0. The maximum atomic E-state index is 11.6. The van der Waals surface area contributed by atoms with Crippen molar-refractivity contribution in [2.45, 2.75) is 123 Å². The van der Waals surface area contributed by atoms with Crippen molar-refractivity contribution in [2.24, 2.45) is 46.3 Å². The fraction of sp³-hybridized carbons (Fsp3) is 1.00. The van der Waals surface area contributed by atoms with Gasteiger partial charge in [-0.25, -0.2) is 0 Å². The molecule has 0 radical (unpaired) electrons. The van der Waals surface area contributed by atoms with Gasteiger partial charge in [0.1, 0.15) is 0 Å². The third kappa shape index (κ3) is 4.02. The van der Waals surface area contributed by atoms with Crippen molar-refractivity contribution in [1.29, 1.82) is 0 Å². The van der Waals surface area contributed by atoms with E-state index in [1.165, 1.54) is 0 Å². The lowest BCUT2D eigenvalue weighted by molar-refractivity contribution is -0.207. The van der Waals surface area contributed by atoms with Gasteiger partial charge in [-0.15, -0.1) is 0 Å². The van der Waals surface area contributed by atoms with Gasteiger partial charge in [0.05, 0.1) is 23.9 Å². The van der Waals surface area contributed by atoms with Crippen molar-refractivity contribution < 1.29 is 20.4 Å². The molecule has 0 aliphatic heterocycles. The molecule has 0 heterocycles. The molecule has 1 unspecified atom stereocenters. The van der Waals surface area contributed by atoms with E-state index in [1.807, 2.05) is 13.8 Å². The Hall–Kier alpha value is -0.160. The summed E-state index contributed by atoms with van der Waals surface area (Å²) in [5.74, 6) is 2.44. The summed E-state index contributed by atoms with van der Waals surface area (Å²) in [5.41, 5.74) is -0.583. The van der Waals surface area contributed by atoms with Crippen LogP contribution in [-0.2, 0) is 0 Å². The highest BCUT2D eigenvalue weighted by molar-refractivity contribution is 5.14. The average Bonchev–Trinajstić information content (AvgIpc) is 3.01. The Balaban J connectivity index is 1.54. The Morgan fingerprint density at radius 3 is 2.35 bits per heavy atom. The molecule has 0 amide bonds. The SMILES string of the molecule is C[C@H](CCCC(C)(C)O)[C@H]1CC[C@H]2[C@@H]3[C@H](O)CC4C[C@H](O)CC[C@]4(C)[C@H]3C[C@H](O)[C@]12C. The van der Waals surface area contributed by atoms with Crippen LogP contribution in [0.25, 0.3) is 0 Å². The average molecular weight is 437 g/mol. The van der Waals surface area contributed by atoms with Crippen LogP contribution in [-0.4, -0.2) is 44.3 Å². The van der Waals surface area contributed by atoms with Gasteiger partial charge >= 0.3 is 0 Å². The monoisotopic (exact) mass is 436 g/mol. The van der Waals surface area contributed by atoms with E-state index in [1.54, 1.807) is 0 Å². The van der Waals surface area contributed by atoms with Gasteiger partial charge in [0.15, 0.2) is 0 Å². The standard InChI is InChI=1S/C27H48O4/c1-16(7-6-11-25(2,3)31)19-8-9-20-24-21(15-23(30)27(19,20)5)26(4)12-10-18(28)13-17(26)14-22(24)29/h16-24,28-31H,6-15H2,1-5H3/t16-,17?,18-,19-,20+,21+,22-,23+,24+,26+,27-/m1/s1. The molecule has 4 saturated carbocycles. The van der Waals surface area contributed by atoms with E-state index < -0.39 is 5.60 Å². The lowest BCUT2D eigenvalue weighted by Crippen LogP contribution is -2.62. The largest absolute Gasteiger partial charge is 0.393 e. The van der Waals surface area contributed by atoms with E-state index >= 15 is 0 Å². The molecular formula is C27H48O4. The van der Waals surface area contributed by atoms with Gasteiger partial charge in [-0.1, -0.05) is 33.6 Å². The first kappa shape index (κ1) is 24.0. The van der Waals surface area contributed by atoms with E-state index in [2.05, 4.69) is 20.8 Å². The highest BCUT2D eigenvalue weighted by Gasteiger charge is 2.65. The van der Waals surface area contributed by atoms with Gasteiger partial charge in [-0.2, -0.15) is 0 Å². The predicted octanol–water partition coefficient (Wildman–Crippen LogP) is 4.53. The zero-order valence-electron chi connectivity index (χ0n) is 20.6. The second-order valence-electron chi connectivity index (χ2n) is 13.2. The van der Waals surface area contributed by atoms with E-state index in [9.17, 15) is 20.4 Å². The molecular weight excluding hydrogens is 388 g/mol. The first-order valence-electron chi connectivity index (χ1n) is 13.1. The number of aliphatic hydroxyl groups excluding tert-OH is 3. The second-order valence-corrected chi connectivity index (χ2v) is 13.2. The van der Waals surface area contributed by atoms with Crippen LogP contribution in [0, 0.1) is 46.3 Å². The molecule has 0 bridgehead atoms. The van der Waals surface area contributed by atoms with Crippen LogP contribution in [0.1, 0.15) is 98.8 Å². The number of fused-ring (bicyclic) bond motifs is 5. The summed E-state index contributed by atoms with van der Waals surface area (Å²) < 4.78 is 0.